The number of nitrogens with zero attached hydrogens (tertiary/aromatic N) is 6. The summed E-state index contributed by atoms with van der Waals surface area (Å²) in [5.74, 6) is -0.157. The van der Waals surface area contributed by atoms with Crippen molar-refractivity contribution in [2.24, 2.45) is 35.5 Å². The van der Waals surface area contributed by atoms with Crippen molar-refractivity contribution < 1.29 is 24.0 Å². The fraction of sp³-hybridized carbons (Fsp3) is 0.432. The highest BCUT2D eigenvalue weighted by Crippen LogP contribution is 2.45. The molecule has 9 atom stereocenters. The van der Waals surface area contributed by atoms with Crippen LogP contribution in [0.1, 0.15) is 113 Å². The smallest absolute Gasteiger partial charge is 0.369 e. The van der Waals surface area contributed by atoms with Crippen LogP contribution in [0.2, 0.25) is 0 Å². The number of nitrogens with one attached hydrogen (secondary N) is 3. The number of anilines is 3. The summed E-state index contributed by atoms with van der Waals surface area (Å²) in [7, 11) is 8.61. The zero-order chi connectivity index (χ0) is 63.4. The molecule has 498 valence electrons. The number of carbonyl (C=O) groups is 3. The first-order chi connectivity index (χ1) is 44.1. The van der Waals surface area contributed by atoms with Crippen molar-refractivity contribution in [2.45, 2.75) is 103 Å². The first-order valence-corrected chi connectivity index (χ1v) is 33.0. The van der Waals surface area contributed by atoms with Crippen LogP contribution in [0.15, 0.2) is 136 Å². The Balaban J connectivity index is 0.00000321. The number of carbonyl (C=O) groups excluding carboxylic acids is 3. The summed E-state index contributed by atoms with van der Waals surface area (Å²) in [5, 5.41) is 3.51. The average Bonchev–Trinajstić information content (AvgIpc) is 1.60. The number of aromatic amines is 2. The molecule has 3 saturated carbocycles. The molecule has 17 nitrogen and oxygen atoms in total. The number of pyridine rings is 3. The summed E-state index contributed by atoms with van der Waals surface area (Å²) in [4.78, 5) is 110. The van der Waals surface area contributed by atoms with Crippen molar-refractivity contribution in [1.82, 2.24) is 29.8 Å². The average molecular weight is 1340 g/mol. The predicted molar refractivity (Wildman–Crippen MR) is 379 cm³/mol. The summed E-state index contributed by atoms with van der Waals surface area (Å²) >= 11 is 0. The maximum absolute atomic E-state index is 15.1. The molecule has 6 fully saturated rings. The number of fused-ring (bicyclic) bond motifs is 3. The molecule has 6 aliphatic rings. The molecule has 3 aliphatic carbocycles. The summed E-state index contributed by atoms with van der Waals surface area (Å²) in [5.41, 5.74) is 5.61. The van der Waals surface area contributed by atoms with E-state index in [-0.39, 0.29) is 54.9 Å². The van der Waals surface area contributed by atoms with Crippen LogP contribution >= 0.6 is 37.2 Å². The van der Waals surface area contributed by atoms with Crippen molar-refractivity contribution in [3.05, 3.63) is 191 Å². The standard InChI is InChI=1S/C74H85N9O8.3ClH/c1-8-45-34-57(69(84)76-66(45)48-18-27-55(28-19-48)81-39-52-23-32-64(78(5)6)61(52)42-81)72(87)90-73(88)59-36-47(10-3)68(50-20-29-56(30-21-50)82-40-53-24-33-65(62(53)43-82)79(7)37-44-14-12-11-13-15-44)83(71(59)86)91-74(89)58-35-46(9-2)67(77-70(58)85)49-16-25-54(26-17-49)80-38-51-22-31-63(75-4)60(51)41-80;;;/h11-21,25-30,34-36,51-53,60-65,75H,8-10,22-24,31-33,37-43H2,1-7H3,(H,76,84)(H,77,85);3*1H/t51-,52-,53-,60+,61+,62+,63-,64-,65-;;;/m1.../s1. The van der Waals surface area contributed by atoms with Crippen molar-refractivity contribution in [3.63, 3.8) is 0 Å². The van der Waals surface area contributed by atoms with E-state index < -0.39 is 45.7 Å². The lowest BCUT2D eigenvalue weighted by Gasteiger charge is -2.30. The van der Waals surface area contributed by atoms with Gasteiger partial charge >= 0.3 is 17.9 Å². The lowest BCUT2D eigenvalue weighted by molar-refractivity contribution is 0.0370. The van der Waals surface area contributed by atoms with Gasteiger partial charge in [-0.15, -0.1) is 42.0 Å². The van der Waals surface area contributed by atoms with E-state index in [9.17, 15) is 24.0 Å². The van der Waals surface area contributed by atoms with Crippen molar-refractivity contribution in [2.75, 3.05) is 82.2 Å². The third-order valence-corrected chi connectivity index (χ3v) is 21.6. The number of hydrogen-bond donors (Lipinski definition) is 3. The van der Waals surface area contributed by atoms with Crippen molar-refractivity contribution in [1.29, 1.82) is 0 Å². The van der Waals surface area contributed by atoms with Crippen LogP contribution < -0.4 is 41.5 Å². The van der Waals surface area contributed by atoms with Gasteiger partial charge in [-0.05, 0) is 209 Å². The highest BCUT2D eigenvalue weighted by atomic mass is 35.5. The van der Waals surface area contributed by atoms with E-state index in [1.165, 1.54) is 49.4 Å². The normalized spacial score (nSPS) is 22.6. The Morgan fingerprint density at radius 1 is 0.511 bits per heavy atom. The molecule has 7 aromatic rings. The largest absolute Gasteiger partial charge is 0.385 e. The number of aromatic nitrogens is 3. The van der Waals surface area contributed by atoms with Gasteiger partial charge in [-0.3, -0.25) is 19.3 Å². The molecule has 0 unspecified atom stereocenters. The zero-order valence-corrected chi connectivity index (χ0v) is 57.2. The van der Waals surface area contributed by atoms with Gasteiger partial charge in [-0.1, -0.05) is 87.5 Å². The molecule has 3 saturated heterocycles. The maximum Gasteiger partial charge on any atom is 0.369 e. The molecule has 0 amide bonds. The van der Waals surface area contributed by atoms with Gasteiger partial charge < -0.3 is 44.5 Å². The highest BCUT2D eigenvalue weighted by Gasteiger charge is 2.46. The second-order valence-electron chi connectivity index (χ2n) is 26.7. The first kappa shape index (κ1) is 69.3. The number of rotatable bonds is 18. The van der Waals surface area contributed by atoms with E-state index in [1.807, 2.05) is 82.4 Å². The predicted octanol–water partition coefficient (Wildman–Crippen LogP) is 11.0. The summed E-state index contributed by atoms with van der Waals surface area (Å²) < 4.78 is 6.18. The minimum absolute atomic E-state index is 0. The van der Waals surface area contributed by atoms with Crippen LogP contribution in [0, 0.1) is 35.5 Å². The number of benzene rings is 4. The number of ether oxygens (including phenoxy) is 1. The maximum atomic E-state index is 15.1. The number of halogens is 3. The lowest BCUT2D eigenvalue weighted by atomic mass is 9.97. The van der Waals surface area contributed by atoms with Gasteiger partial charge in [0.25, 0.3) is 16.7 Å². The molecule has 4 aromatic carbocycles. The Labute approximate surface area is 568 Å². The van der Waals surface area contributed by atoms with Crippen LogP contribution in [-0.4, -0.2) is 128 Å². The third-order valence-electron chi connectivity index (χ3n) is 21.6. The van der Waals surface area contributed by atoms with E-state index in [0.29, 0.717) is 100 Å². The van der Waals surface area contributed by atoms with Gasteiger partial charge in [0.2, 0.25) is 0 Å². The van der Waals surface area contributed by atoms with Gasteiger partial charge in [-0.25, -0.2) is 14.4 Å². The molecule has 20 heteroatoms. The van der Waals surface area contributed by atoms with Gasteiger partial charge in [-0.2, -0.15) is 0 Å². The SMILES string of the molecule is CCc1cc(C(=O)OC(=O)c2cc(CC)c(-c3ccc(N4C[C@H]5CC[C@@H](N(C)Cc6ccccc6)[C@H]5C4)cc3)n(OC(=O)c3cc(CC)c(-c4ccc(N5C[C@H]6CC[C@@H](NC)[C@H]6C5)cc4)[nH]c3=O)c2=O)c(=O)[nH]c1-c1ccc(N2C[C@H]3CC[C@@H](N(C)C)[C@H]3C2)cc1.Cl.Cl.Cl. The van der Waals surface area contributed by atoms with Crippen LogP contribution in [0.4, 0.5) is 17.1 Å². The molecule has 6 heterocycles. The topological polar surface area (TPSA) is 186 Å². The van der Waals surface area contributed by atoms with E-state index >= 15 is 4.79 Å². The summed E-state index contributed by atoms with van der Waals surface area (Å²) in [6, 6.07) is 40.4. The van der Waals surface area contributed by atoms with Crippen LogP contribution in [0.3, 0.4) is 0 Å². The monoisotopic (exact) mass is 1340 g/mol. The van der Waals surface area contributed by atoms with E-state index in [0.717, 1.165) is 91.6 Å². The quantitative estimate of drug-likeness (QED) is 0.0544. The number of aryl methyl sites for hydroxylation is 3. The van der Waals surface area contributed by atoms with Gasteiger partial charge in [0, 0.05) is 86.6 Å². The second-order valence-corrected chi connectivity index (χ2v) is 26.7. The number of H-pyrrole nitrogens is 2. The highest BCUT2D eigenvalue weighted by molar-refractivity contribution is 6.03. The van der Waals surface area contributed by atoms with Crippen LogP contribution in [0.5, 0.6) is 0 Å². The molecule has 13 rings (SSSR count). The molecule has 3 N–H and O–H groups in total. The van der Waals surface area contributed by atoms with E-state index in [2.05, 4.69) is 109 Å². The summed E-state index contributed by atoms with van der Waals surface area (Å²) in [6.45, 7) is 12.3. The molecule has 0 spiro atoms. The Hall–Kier alpha value is -7.51. The molecule has 0 radical (unpaired) electrons. The molecule has 0 bridgehead atoms. The molecule has 3 aromatic heterocycles. The van der Waals surface area contributed by atoms with Crippen LogP contribution in [-0.2, 0) is 30.5 Å². The van der Waals surface area contributed by atoms with E-state index in [1.54, 1.807) is 0 Å². The molecule has 3 aliphatic heterocycles. The molecule has 94 heavy (non-hydrogen) atoms. The van der Waals surface area contributed by atoms with E-state index in [4.69, 9.17) is 9.57 Å². The minimum Gasteiger partial charge on any atom is -0.385 e. The zero-order valence-electron chi connectivity index (χ0n) is 54.7. The fourth-order valence-corrected chi connectivity index (χ4v) is 16.7. The summed E-state index contributed by atoms with van der Waals surface area (Å²) in [6.07, 6.45) is 8.28. The van der Waals surface area contributed by atoms with Crippen molar-refractivity contribution in [3.8, 4) is 33.8 Å². The van der Waals surface area contributed by atoms with Gasteiger partial charge in [0.15, 0.2) is 0 Å². The Morgan fingerprint density at radius 2 is 0.947 bits per heavy atom. The van der Waals surface area contributed by atoms with Gasteiger partial charge in [0.05, 0.1) is 17.1 Å². The molecular weight excluding hydrogens is 1250 g/mol. The lowest BCUT2D eigenvalue weighted by Crippen LogP contribution is -2.38. The second kappa shape index (κ2) is 29.2. The Bertz CT molecular complexity index is 4070. The Kier molecular flexibility index (Phi) is 21.6. The van der Waals surface area contributed by atoms with Crippen molar-refractivity contribution >= 4 is 72.2 Å². The number of esters is 2. The fourth-order valence-electron chi connectivity index (χ4n) is 16.7. The van der Waals surface area contributed by atoms with Crippen LogP contribution in [0.25, 0.3) is 33.8 Å². The first-order valence-electron chi connectivity index (χ1n) is 33.0. The van der Waals surface area contributed by atoms with Gasteiger partial charge in [0.1, 0.15) is 16.7 Å². The third kappa shape index (κ3) is 13.4. The Morgan fingerprint density at radius 3 is 1.45 bits per heavy atom. The number of hydrogen-bond acceptors (Lipinski definition) is 14. The minimum atomic E-state index is -1.35. The molecular formula is C74H88Cl3N9O8.